The standard InChI is InChI=1S/C11H19O.BrH.Hg/c1-10(2)8-5-6-11(10,3)9(7-8)12-4;;/h8H,5-7H2,1-4H3;1H;/q;;+1/p-1. The third-order valence-corrected chi connectivity index (χ3v) is 20.5. The van der Waals surface area contributed by atoms with E-state index in [1.165, 1.54) is 19.3 Å². The molecule has 0 aromatic heterocycles. The summed E-state index contributed by atoms with van der Waals surface area (Å²) in [6.07, 6.45) is 4.14. The average molecular weight is 448 g/mol. The molecule has 1 nitrogen and oxygen atoms in total. The SMILES string of the molecule is CO[C]1([Hg][Br])CC2CCC1(C)C2(C)C. The van der Waals surface area contributed by atoms with E-state index in [0.29, 0.717) is 13.9 Å². The summed E-state index contributed by atoms with van der Waals surface area (Å²) in [5.74, 6) is 0.907. The summed E-state index contributed by atoms with van der Waals surface area (Å²) in [6, 6.07) is 0. The zero-order chi connectivity index (χ0) is 10.6. The van der Waals surface area contributed by atoms with Crippen LogP contribution in [-0.2, 0) is 26.9 Å². The number of fused-ring (bicyclic) bond motifs is 2. The van der Waals surface area contributed by atoms with Gasteiger partial charge in [-0.15, -0.1) is 0 Å². The van der Waals surface area contributed by atoms with Crippen LogP contribution in [0.15, 0.2) is 0 Å². The molecule has 0 radical (unpaired) electrons. The first-order valence-electron chi connectivity index (χ1n) is 5.55. The van der Waals surface area contributed by atoms with Gasteiger partial charge in [-0.05, 0) is 0 Å². The molecule has 0 spiro atoms. The van der Waals surface area contributed by atoms with Gasteiger partial charge in [-0.1, -0.05) is 0 Å². The number of halogens is 1. The molecule has 0 saturated heterocycles. The van der Waals surface area contributed by atoms with Gasteiger partial charge < -0.3 is 0 Å². The van der Waals surface area contributed by atoms with E-state index in [1.807, 2.05) is 7.11 Å². The fourth-order valence-corrected chi connectivity index (χ4v) is 19.2. The van der Waals surface area contributed by atoms with Gasteiger partial charge in [0.05, 0.1) is 0 Å². The van der Waals surface area contributed by atoms with Crippen LogP contribution in [0.1, 0.15) is 40.0 Å². The zero-order valence-corrected chi connectivity index (χ0v) is 16.8. The molecular formula is C11H19BrHgO. The summed E-state index contributed by atoms with van der Waals surface area (Å²) >= 11 is 2.84. The van der Waals surface area contributed by atoms with E-state index in [1.54, 1.807) is 0 Å². The second-order valence-electron chi connectivity index (χ2n) is 5.83. The van der Waals surface area contributed by atoms with Gasteiger partial charge in [0.1, 0.15) is 0 Å². The Morgan fingerprint density at radius 1 is 1.36 bits per heavy atom. The van der Waals surface area contributed by atoms with E-state index in [0.717, 1.165) is 5.92 Å². The Balaban J connectivity index is 2.44. The number of hydrogen-bond acceptors (Lipinski definition) is 1. The zero-order valence-electron chi connectivity index (χ0n) is 9.69. The van der Waals surface area contributed by atoms with Crippen molar-refractivity contribution in [1.29, 1.82) is 0 Å². The Labute approximate surface area is 105 Å². The molecule has 3 heteroatoms. The van der Waals surface area contributed by atoms with Crippen LogP contribution in [0.5, 0.6) is 0 Å². The molecule has 0 heterocycles. The van der Waals surface area contributed by atoms with Crippen molar-refractivity contribution in [2.45, 2.75) is 43.1 Å². The topological polar surface area (TPSA) is 9.23 Å². The minimum absolute atomic E-state index is 0.305. The molecule has 3 unspecified atom stereocenters. The van der Waals surface area contributed by atoms with Crippen LogP contribution in [-0.4, -0.2) is 10.2 Å². The van der Waals surface area contributed by atoms with Crippen LogP contribution in [0.25, 0.3) is 0 Å². The van der Waals surface area contributed by atoms with E-state index in [9.17, 15) is 0 Å². The van der Waals surface area contributed by atoms with Crippen molar-refractivity contribution in [3.05, 3.63) is 0 Å². The first kappa shape index (κ1) is 11.8. The van der Waals surface area contributed by atoms with Crippen molar-refractivity contribution < 1.29 is 26.9 Å². The monoisotopic (exact) mass is 448 g/mol. The molecule has 2 saturated carbocycles. The molecule has 3 atom stereocenters. The molecule has 2 bridgehead atoms. The molecule has 0 aliphatic heterocycles. The van der Waals surface area contributed by atoms with E-state index in [-0.39, 0.29) is 0 Å². The van der Waals surface area contributed by atoms with E-state index < -0.39 is 22.1 Å². The molecule has 2 aliphatic carbocycles. The summed E-state index contributed by atoms with van der Waals surface area (Å²) < 4.78 is 6.28. The molecule has 2 aliphatic rings. The molecule has 14 heavy (non-hydrogen) atoms. The van der Waals surface area contributed by atoms with Gasteiger partial charge >= 0.3 is 106 Å². The van der Waals surface area contributed by atoms with Crippen molar-refractivity contribution in [3.63, 3.8) is 0 Å². The summed E-state index contributed by atoms with van der Waals surface area (Å²) in [5, 5.41) is 0. The van der Waals surface area contributed by atoms with Gasteiger partial charge in [0.15, 0.2) is 0 Å². The number of hydrogen-bond donors (Lipinski definition) is 0. The molecule has 0 amide bonds. The fourth-order valence-electron chi connectivity index (χ4n) is 3.96. The normalized spacial score (nSPS) is 49.4. The third-order valence-electron chi connectivity index (χ3n) is 5.62. The van der Waals surface area contributed by atoms with E-state index in [2.05, 4.69) is 32.7 Å². The van der Waals surface area contributed by atoms with Crippen LogP contribution in [0, 0.1) is 16.7 Å². The average Bonchev–Trinajstić information content (AvgIpc) is 2.48. The minimum atomic E-state index is -1.03. The molecule has 2 rings (SSSR count). The van der Waals surface area contributed by atoms with E-state index in [4.69, 9.17) is 4.74 Å². The third kappa shape index (κ3) is 1.14. The van der Waals surface area contributed by atoms with Gasteiger partial charge in [-0.2, -0.15) is 0 Å². The molecule has 0 aromatic carbocycles. The number of rotatable bonds is 2. The summed E-state index contributed by atoms with van der Waals surface area (Å²) in [6.45, 7) is 7.40. The van der Waals surface area contributed by atoms with Crippen molar-refractivity contribution >= 4 is 11.9 Å². The van der Waals surface area contributed by atoms with Crippen LogP contribution < -0.4 is 0 Å². The van der Waals surface area contributed by atoms with Crippen LogP contribution in [0.2, 0.25) is 0 Å². The van der Waals surface area contributed by atoms with Crippen molar-refractivity contribution in [2.24, 2.45) is 16.7 Å². The maximum atomic E-state index is 5.97. The maximum absolute atomic E-state index is 5.97. The predicted octanol–water partition coefficient (Wildman–Crippen LogP) is 3.57. The Kier molecular flexibility index (Phi) is 2.90. The van der Waals surface area contributed by atoms with Crippen LogP contribution >= 0.6 is 11.9 Å². The van der Waals surface area contributed by atoms with Crippen LogP contribution in [0.4, 0.5) is 0 Å². The first-order valence-corrected chi connectivity index (χ1v) is 20.2. The molecule has 2 fully saturated rings. The molecular weight excluding hydrogens is 429 g/mol. The second kappa shape index (κ2) is 3.43. The Morgan fingerprint density at radius 3 is 2.21 bits per heavy atom. The van der Waals surface area contributed by atoms with Crippen molar-refractivity contribution in [2.75, 3.05) is 7.11 Å². The van der Waals surface area contributed by atoms with Crippen molar-refractivity contribution in [3.8, 4) is 0 Å². The van der Waals surface area contributed by atoms with Gasteiger partial charge in [0, 0.05) is 0 Å². The fraction of sp³-hybridized carbons (Fsp3) is 1.00. The molecule has 0 N–H and O–H groups in total. The Bertz CT molecular complexity index is 250. The quantitative estimate of drug-likeness (QED) is 0.588. The summed E-state index contributed by atoms with van der Waals surface area (Å²) in [5.41, 5.74) is 0.946. The van der Waals surface area contributed by atoms with Crippen molar-refractivity contribution in [1.82, 2.24) is 0 Å². The number of ether oxygens (including phenoxy) is 1. The van der Waals surface area contributed by atoms with Gasteiger partial charge in [0.2, 0.25) is 0 Å². The van der Waals surface area contributed by atoms with Crippen LogP contribution in [0.3, 0.4) is 0 Å². The summed E-state index contributed by atoms with van der Waals surface area (Å²) in [4.78, 5) is 0. The Hall–Kier alpha value is 1.38. The summed E-state index contributed by atoms with van der Waals surface area (Å²) in [7, 11) is 1.93. The Morgan fingerprint density at radius 2 is 2.00 bits per heavy atom. The molecule has 78 valence electrons. The number of methoxy groups -OCH3 is 1. The van der Waals surface area contributed by atoms with Gasteiger partial charge in [-0.25, -0.2) is 0 Å². The first-order chi connectivity index (χ1) is 6.43. The van der Waals surface area contributed by atoms with Gasteiger partial charge in [-0.3, -0.25) is 0 Å². The second-order valence-corrected chi connectivity index (χ2v) is 16.2. The van der Waals surface area contributed by atoms with Gasteiger partial charge in [0.25, 0.3) is 0 Å². The predicted molar refractivity (Wildman–Crippen MR) is 57.9 cm³/mol. The molecule has 0 aromatic rings. The van der Waals surface area contributed by atoms with E-state index >= 15 is 0 Å².